The van der Waals surface area contributed by atoms with E-state index in [0.29, 0.717) is 19.3 Å². The first-order valence-electron chi connectivity index (χ1n) is 26.4. The highest BCUT2D eigenvalue weighted by Crippen LogP contribution is 2.16. The molecule has 60 heavy (non-hydrogen) atoms. The second kappa shape index (κ2) is 49.5. The number of carbonyl (C=O) groups is 3. The third-order valence-electron chi connectivity index (χ3n) is 11.7. The zero-order chi connectivity index (χ0) is 43.7. The fourth-order valence-electron chi connectivity index (χ4n) is 7.73. The molecule has 1 atom stereocenters. The third-order valence-corrected chi connectivity index (χ3v) is 11.7. The lowest BCUT2D eigenvalue weighted by atomic mass is 10.0. The predicted molar refractivity (Wildman–Crippen MR) is 256 cm³/mol. The lowest BCUT2D eigenvalue weighted by Crippen LogP contribution is -2.30. The van der Waals surface area contributed by atoms with Gasteiger partial charge in [0.1, 0.15) is 13.2 Å². The molecule has 0 amide bonds. The van der Waals surface area contributed by atoms with Crippen molar-refractivity contribution in [2.75, 3.05) is 13.2 Å². The van der Waals surface area contributed by atoms with Crippen molar-refractivity contribution in [1.82, 2.24) is 0 Å². The van der Waals surface area contributed by atoms with Crippen LogP contribution in [0.25, 0.3) is 0 Å². The van der Waals surface area contributed by atoms with Crippen LogP contribution in [-0.2, 0) is 28.6 Å². The van der Waals surface area contributed by atoms with Crippen LogP contribution in [0.1, 0.15) is 284 Å². The lowest BCUT2D eigenvalue weighted by molar-refractivity contribution is -0.167. The molecule has 0 aliphatic rings. The largest absolute Gasteiger partial charge is 0.462 e. The van der Waals surface area contributed by atoms with Gasteiger partial charge in [-0.3, -0.25) is 14.4 Å². The molecule has 1 unspecified atom stereocenters. The van der Waals surface area contributed by atoms with E-state index in [2.05, 4.69) is 45.1 Å². The third kappa shape index (κ3) is 46.9. The van der Waals surface area contributed by atoms with Crippen LogP contribution in [0.5, 0.6) is 0 Å². The van der Waals surface area contributed by atoms with E-state index in [4.69, 9.17) is 14.2 Å². The van der Waals surface area contributed by atoms with Gasteiger partial charge >= 0.3 is 17.9 Å². The second-order valence-corrected chi connectivity index (χ2v) is 17.8. The average molecular weight is 845 g/mol. The molecule has 0 fully saturated rings. The number of allylic oxidation sites excluding steroid dienone is 4. The zero-order valence-corrected chi connectivity index (χ0v) is 40.2. The molecule has 0 bridgehead atoms. The summed E-state index contributed by atoms with van der Waals surface area (Å²) >= 11 is 0. The van der Waals surface area contributed by atoms with Crippen LogP contribution in [-0.4, -0.2) is 37.2 Å². The minimum absolute atomic E-state index is 0.0714. The van der Waals surface area contributed by atoms with Crippen LogP contribution in [0.15, 0.2) is 24.3 Å². The molecule has 0 N–H and O–H groups in total. The predicted octanol–water partition coefficient (Wildman–Crippen LogP) is 17.2. The molecular formula is C54H100O6. The molecule has 0 aliphatic carbocycles. The maximum Gasteiger partial charge on any atom is 0.306 e. The Bertz CT molecular complexity index is 973. The van der Waals surface area contributed by atoms with Crippen LogP contribution in [0.3, 0.4) is 0 Å². The van der Waals surface area contributed by atoms with Crippen molar-refractivity contribution >= 4 is 17.9 Å². The Kier molecular flexibility index (Phi) is 47.8. The Balaban J connectivity index is 4.27. The number of unbranched alkanes of at least 4 members (excludes halogenated alkanes) is 34. The Morgan fingerprint density at radius 1 is 0.333 bits per heavy atom. The highest BCUT2D eigenvalue weighted by molar-refractivity contribution is 5.71. The lowest BCUT2D eigenvalue weighted by Gasteiger charge is -2.18. The number of ether oxygens (including phenoxy) is 3. The topological polar surface area (TPSA) is 78.9 Å². The summed E-state index contributed by atoms with van der Waals surface area (Å²) in [4.78, 5) is 37.9. The average Bonchev–Trinajstić information content (AvgIpc) is 3.24. The number of esters is 3. The first-order chi connectivity index (χ1) is 29.5. The van der Waals surface area contributed by atoms with Gasteiger partial charge in [-0.25, -0.2) is 0 Å². The Labute approximate surface area is 373 Å². The van der Waals surface area contributed by atoms with Gasteiger partial charge in [-0.15, -0.1) is 0 Å². The summed E-state index contributed by atoms with van der Waals surface area (Å²) in [6.07, 6.45) is 55.9. The molecule has 0 aromatic carbocycles. The van der Waals surface area contributed by atoms with Gasteiger partial charge in [0.2, 0.25) is 0 Å². The minimum Gasteiger partial charge on any atom is -0.462 e. The van der Waals surface area contributed by atoms with Crippen LogP contribution >= 0.6 is 0 Å². The first kappa shape index (κ1) is 57.9. The van der Waals surface area contributed by atoms with Crippen molar-refractivity contribution in [3.05, 3.63) is 24.3 Å². The van der Waals surface area contributed by atoms with Crippen molar-refractivity contribution in [2.45, 2.75) is 290 Å². The standard InChI is InChI=1S/C54H100O6/c1-4-7-10-13-16-19-21-23-25-26-27-29-30-32-35-38-41-44-47-53(56)59-50-51(49-58-52(55)46-43-40-37-34-18-15-12-9-6-3)60-54(57)48-45-42-39-36-33-31-28-24-22-20-17-14-11-8-5-2/h17,20,22,24,51H,4-16,18-19,21,23,25-50H2,1-3H3/b20-17-,24-22-. The summed E-state index contributed by atoms with van der Waals surface area (Å²) in [6.45, 7) is 6.61. The smallest absolute Gasteiger partial charge is 0.306 e. The normalized spacial score (nSPS) is 12.1. The van der Waals surface area contributed by atoms with Gasteiger partial charge in [-0.1, -0.05) is 244 Å². The minimum atomic E-state index is -0.770. The molecule has 0 spiro atoms. The maximum absolute atomic E-state index is 12.8. The van der Waals surface area contributed by atoms with E-state index in [1.54, 1.807) is 0 Å². The monoisotopic (exact) mass is 845 g/mol. The molecule has 0 aromatic rings. The molecule has 0 aromatic heterocycles. The number of carbonyl (C=O) groups excluding carboxylic acids is 3. The molecule has 0 heterocycles. The zero-order valence-electron chi connectivity index (χ0n) is 40.2. The summed E-state index contributed by atoms with van der Waals surface area (Å²) in [5, 5.41) is 0. The summed E-state index contributed by atoms with van der Waals surface area (Å²) in [7, 11) is 0. The molecule has 6 nitrogen and oxygen atoms in total. The van der Waals surface area contributed by atoms with Gasteiger partial charge in [0.25, 0.3) is 0 Å². The molecule has 0 aliphatic heterocycles. The second-order valence-electron chi connectivity index (χ2n) is 17.8. The van der Waals surface area contributed by atoms with E-state index in [1.807, 2.05) is 0 Å². The quantitative estimate of drug-likeness (QED) is 0.0263. The highest BCUT2D eigenvalue weighted by Gasteiger charge is 2.19. The van der Waals surface area contributed by atoms with Crippen LogP contribution in [0.2, 0.25) is 0 Å². The van der Waals surface area contributed by atoms with Crippen LogP contribution < -0.4 is 0 Å². The van der Waals surface area contributed by atoms with Gasteiger partial charge in [-0.2, -0.15) is 0 Å². The van der Waals surface area contributed by atoms with E-state index in [-0.39, 0.29) is 31.1 Å². The van der Waals surface area contributed by atoms with Crippen molar-refractivity contribution < 1.29 is 28.6 Å². The summed E-state index contributed by atoms with van der Waals surface area (Å²) in [5.74, 6) is -0.871. The van der Waals surface area contributed by atoms with E-state index in [1.165, 1.54) is 180 Å². The van der Waals surface area contributed by atoms with Crippen molar-refractivity contribution in [3.8, 4) is 0 Å². The Hall–Kier alpha value is -2.11. The molecule has 6 heteroatoms. The first-order valence-corrected chi connectivity index (χ1v) is 26.4. The fraction of sp³-hybridized carbons (Fsp3) is 0.870. The molecule has 352 valence electrons. The van der Waals surface area contributed by atoms with Crippen LogP contribution in [0, 0.1) is 0 Å². The molecule has 0 saturated heterocycles. The van der Waals surface area contributed by atoms with Crippen molar-refractivity contribution in [3.63, 3.8) is 0 Å². The highest BCUT2D eigenvalue weighted by atomic mass is 16.6. The van der Waals surface area contributed by atoms with E-state index < -0.39 is 6.10 Å². The van der Waals surface area contributed by atoms with E-state index in [9.17, 15) is 14.4 Å². The molecular weight excluding hydrogens is 745 g/mol. The Morgan fingerprint density at radius 2 is 0.583 bits per heavy atom. The van der Waals surface area contributed by atoms with Gasteiger partial charge in [0.15, 0.2) is 6.10 Å². The van der Waals surface area contributed by atoms with Gasteiger partial charge in [0.05, 0.1) is 0 Å². The number of hydrogen-bond acceptors (Lipinski definition) is 6. The summed E-state index contributed by atoms with van der Waals surface area (Å²) in [5.41, 5.74) is 0. The fourth-order valence-corrected chi connectivity index (χ4v) is 7.73. The molecule has 0 saturated carbocycles. The van der Waals surface area contributed by atoms with Gasteiger partial charge in [0, 0.05) is 19.3 Å². The van der Waals surface area contributed by atoms with E-state index in [0.717, 1.165) is 64.2 Å². The van der Waals surface area contributed by atoms with E-state index >= 15 is 0 Å². The van der Waals surface area contributed by atoms with Gasteiger partial charge < -0.3 is 14.2 Å². The number of rotatable bonds is 48. The van der Waals surface area contributed by atoms with Gasteiger partial charge in [-0.05, 0) is 44.9 Å². The summed E-state index contributed by atoms with van der Waals surface area (Å²) in [6, 6.07) is 0. The Morgan fingerprint density at radius 3 is 0.917 bits per heavy atom. The SMILES string of the molecule is CCCCC/C=C\C=C/CCCCCCCCC(=O)OC(COC(=O)CCCCCCCCCCC)COC(=O)CCCCCCCCCCCCCCCCCCCC. The van der Waals surface area contributed by atoms with Crippen molar-refractivity contribution in [1.29, 1.82) is 0 Å². The molecule has 0 radical (unpaired) electrons. The molecule has 0 rings (SSSR count). The van der Waals surface area contributed by atoms with Crippen LogP contribution in [0.4, 0.5) is 0 Å². The number of hydrogen-bond donors (Lipinski definition) is 0. The van der Waals surface area contributed by atoms with Crippen molar-refractivity contribution in [2.24, 2.45) is 0 Å². The maximum atomic E-state index is 12.8. The summed E-state index contributed by atoms with van der Waals surface area (Å²) < 4.78 is 16.8.